The predicted molar refractivity (Wildman–Crippen MR) is 74.1 cm³/mol. The Bertz CT molecular complexity index is 624. The number of rotatable bonds is 3. The van der Waals surface area contributed by atoms with Crippen molar-refractivity contribution in [3.8, 4) is 0 Å². The number of carbonyl (C=O) groups is 2. The molecule has 2 aliphatic rings. The Morgan fingerprint density at radius 2 is 1.91 bits per heavy atom. The van der Waals surface area contributed by atoms with Crippen LogP contribution in [-0.4, -0.2) is 35.0 Å². The number of benzene rings is 1. The number of hydrogen-bond acceptors (Lipinski definition) is 2. The zero-order chi connectivity index (χ0) is 15.9. The van der Waals surface area contributed by atoms with Gasteiger partial charge < -0.3 is 10.0 Å². The maximum Gasteiger partial charge on any atom is 0.307 e. The lowest BCUT2D eigenvalue weighted by atomic mass is 9.90. The molecule has 118 valence electrons. The first-order valence-corrected chi connectivity index (χ1v) is 7.36. The molecule has 1 atom stereocenters. The monoisotopic (exact) mass is 309 g/mol. The highest BCUT2D eigenvalue weighted by atomic mass is 19.2. The quantitative estimate of drug-likeness (QED) is 0.931. The molecule has 1 saturated carbocycles. The molecular weight excluding hydrogens is 292 g/mol. The van der Waals surface area contributed by atoms with Crippen molar-refractivity contribution in [3.63, 3.8) is 0 Å². The van der Waals surface area contributed by atoms with Gasteiger partial charge in [-0.3, -0.25) is 9.59 Å². The van der Waals surface area contributed by atoms with Gasteiger partial charge in [0.1, 0.15) is 0 Å². The Labute approximate surface area is 126 Å². The molecule has 1 aliphatic heterocycles. The summed E-state index contributed by atoms with van der Waals surface area (Å²) >= 11 is 0. The lowest BCUT2D eigenvalue weighted by Crippen LogP contribution is -2.40. The van der Waals surface area contributed by atoms with Gasteiger partial charge in [-0.05, 0) is 42.4 Å². The molecule has 6 heteroatoms. The predicted octanol–water partition coefficient (Wildman–Crippen LogP) is 2.22. The third-order valence-electron chi connectivity index (χ3n) is 4.94. The second-order valence-corrected chi connectivity index (χ2v) is 6.26. The fourth-order valence-electron chi connectivity index (χ4n) is 3.39. The summed E-state index contributed by atoms with van der Waals surface area (Å²) in [7, 11) is 0. The first kappa shape index (κ1) is 14.9. The van der Waals surface area contributed by atoms with Gasteiger partial charge in [0.05, 0.1) is 12.3 Å². The Morgan fingerprint density at radius 3 is 2.45 bits per heavy atom. The first-order valence-electron chi connectivity index (χ1n) is 7.36. The highest BCUT2D eigenvalue weighted by molar-refractivity contribution is 5.79. The average molecular weight is 309 g/mol. The maximum atomic E-state index is 13.1. The summed E-state index contributed by atoms with van der Waals surface area (Å²) in [6.07, 6.45) is 2.14. The first-order chi connectivity index (χ1) is 10.4. The maximum absolute atomic E-state index is 13.1. The largest absolute Gasteiger partial charge is 0.481 e. The normalized spacial score (nSPS) is 22.6. The van der Waals surface area contributed by atoms with Gasteiger partial charge in [-0.1, -0.05) is 6.07 Å². The molecule has 3 rings (SSSR count). The van der Waals surface area contributed by atoms with E-state index in [9.17, 15) is 18.4 Å². The SMILES string of the molecule is O=C(O)C1CC12CCN(C(=O)Cc1ccc(F)c(F)c1)CC2. The number of piperidine rings is 1. The summed E-state index contributed by atoms with van der Waals surface area (Å²) in [6.45, 7) is 1.07. The van der Waals surface area contributed by atoms with E-state index in [1.165, 1.54) is 6.07 Å². The van der Waals surface area contributed by atoms with Crippen molar-refractivity contribution in [2.75, 3.05) is 13.1 Å². The molecule has 0 radical (unpaired) electrons. The van der Waals surface area contributed by atoms with Crippen LogP contribution in [0.2, 0.25) is 0 Å². The van der Waals surface area contributed by atoms with E-state index in [4.69, 9.17) is 5.11 Å². The zero-order valence-electron chi connectivity index (χ0n) is 12.0. The number of aliphatic carboxylic acids is 1. The van der Waals surface area contributed by atoms with E-state index < -0.39 is 17.6 Å². The van der Waals surface area contributed by atoms with Crippen LogP contribution in [0.1, 0.15) is 24.8 Å². The molecule has 1 N–H and O–H groups in total. The molecule has 1 aromatic carbocycles. The van der Waals surface area contributed by atoms with Crippen molar-refractivity contribution in [1.29, 1.82) is 0 Å². The highest BCUT2D eigenvalue weighted by Gasteiger charge is 2.59. The van der Waals surface area contributed by atoms with Gasteiger partial charge >= 0.3 is 5.97 Å². The highest BCUT2D eigenvalue weighted by Crippen LogP contribution is 2.59. The lowest BCUT2D eigenvalue weighted by molar-refractivity contribution is -0.139. The third-order valence-corrected chi connectivity index (χ3v) is 4.94. The van der Waals surface area contributed by atoms with Crippen LogP contribution in [-0.2, 0) is 16.0 Å². The van der Waals surface area contributed by atoms with Gasteiger partial charge in [-0.15, -0.1) is 0 Å². The van der Waals surface area contributed by atoms with Gasteiger partial charge in [-0.25, -0.2) is 8.78 Å². The number of likely N-dealkylation sites (tertiary alicyclic amines) is 1. The Balaban J connectivity index is 1.56. The van der Waals surface area contributed by atoms with E-state index >= 15 is 0 Å². The van der Waals surface area contributed by atoms with Crippen LogP contribution in [0.4, 0.5) is 8.78 Å². The molecular formula is C16H17F2NO3. The molecule has 0 aromatic heterocycles. The number of carboxylic acid groups (broad SMARTS) is 1. The average Bonchev–Trinajstić information content (AvgIpc) is 3.18. The number of amides is 1. The minimum atomic E-state index is -0.954. The molecule has 1 saturated heterocycles. The number of halogens is 2. The van der Waals surface area contributed by atoms with Crippen LogP contribution < -0.4 is 0 Å². The molecule has 1 amide bonds. The Hall–Kier alpha value is -1.98. The second-order valence-electron chi connectivity index (χ2n) is 6.26. The molecule has 22 heavy (non-hydrogen) atoms. The van der Waals surface area contributed by atoms with Crippen molar-refractivity contribution in [1.82, 2.24) is 4.90 Å². The second kappa shape index (κ2) is 5.34. The summed E-state index contributed by atoms with van der Waals surface area (Å²) in [4.78, 5) is 24.9. The molecule has 0 bridgehead atoms. The minimum absolute atomic E-state index is 0.0343. The molecule has 4 nitrogen and oxygen atoms in total. The van der Waals surface area contributed by atoms with Crippen LogP contribution in [0.15, 0.2) is 18.2 Å². The lowest BCUT2D eigenvalue weighted by Gasteiger charge is -2.32. The van der Waals surface area contributed by atoms with Crippen LogP contribution in [0.25, 0.3) is 0 Å². The third kappa shape index (κ3) is 2.69. The van der Waals surface area contributed by atoms with Crippen molar-refractivity contribution < 1.29 is 23.5 Å². The van der Waals surface area contributed by atoms with Crippen molar-refractivity contribution in [2.45, 2.75) is 25.7 Å². The topological polar surface area (TPSA) is 57.6 Å². The van der Waals surface area contributed by atoms with Gasteiger partial charge in [0, 0.05) is 13.1 Å². The number of carboxylic acids is 1. The fourth-order valence-corrected chi connectivity index (χ4v) is 3.39. The van der Waals surface area contributed by atoms with Crippen LogP contribution >= 0.6 is 0 Å². The zero-order valence-corrected chi connectivity index (χ0v) is 12.0. The Morgan fingerprint density at radius 1 is 1.23 bits per heavy atom. The van der Waals surface area contributed by atoms with Crippen molar-refractivity contribution in [3.05, 3.63) is 35.4 Å². The standard InChI is InChI=1S/C16H17F2NO3/c17-12-2-1-10(7-13(12)18)8-14(20)19-5-3-16(4-6-19)9-11(16)15(21)22/h1-2,7,11H,3-6,8-9H2,(H,21,22). The molecule has 1 spiro atoms. The van der Waals surface area contributed by atoms with Crippen molar-refractivity contribution in [2.24, 2.45) is 11.3 Å². The summed E-state index contributed by atoms with van der Waals surface area (Å²) < 4.78 is 26.0. The molecule has 1 aromatic rings. The molecule has 1 unspecified atom stereocenters. The van der Waals surface area contributed by atoms with Gasteiger partial charge in [-0.2, -0.15) is 0 Å². The summed E-state index contributed by atoms with van der Waals surface area (Å²) in [5, 5.41) is 9.04. The van der Waals surface area contributed by atoms with Crippen molar-refractivity contribution >= 4 is 11.9 Å². The van der Waals surface area contributed by atoms with E-state index in [2.05, 4.69) is 0 Å². The van der Waals surface area contributed by atoms with Crippen LogP contribution in [0.3, 0.4) is 0 Å². The van der Waals surface area contributed by atoms with Crippen LogP contribution in [0.5, 0.6) is 0 Å². The fraction of sp³-hybridized carbons (Fsp3) is 0.500. The van der Waals surface area contributed by atoms with Gasteiger partial charge in [0.25, 0.3) is 0 Å². The van der Waals surface area contributed by atoms with Gasteiger partial charge in [0.15, 0.2) is 11.6 Å². The van der Waals surface area contributed by atoms with E-state index in [1.807, 2.05) is 0 Å². The number of carbonyl (C=O) groups excluding carboxylic acids is 1. The summed E-state index contributed by atoms with van der Waals surface area (Å²) in [5.74, 6) is -3.03. The summed E-state index contributed by atoms with van der Waals surface area (Å²) in [6, 6.07) is 3.47. The van der Waals surface area contributed by atoms with E-state index in [0.717, 1.165) is 12.1 Å². The summed E-state index contributed by atoms with van der Waals surface area (Å²) in [5.41, 5.74) is 0.323. The van der Waals surface area contributed by atoms with E-state index in [0.29, 0.717) is 37.9 Å². The molecule has 2 fully saturated rings. The Kier molecular flexibility index (Phi) is 3.62. The van der Waals surface area contributed by atoms with Gasteiger partial charge in [0.2, 0.25) is 5.91 Å². The molecule has 1 aliphatic carbocycles. The smallest absolute Gasteiger partial charge is 0.307 e. The van der Waals surface area contributed by atoms with Crippen LogP contribution in [0, 0.1) is 23.0 Å². The number of nitrogens with zero attached hydrogens (tertiary/aromatic N) is 1. The van der Waals surface area contributed by atoms with E-state index in [-0.39, 0.29) is 23.7 Å². The van der Waals surface area contributed by atoms with E-state index in [1.54, 1.807) is 4.90 Å². The molecule has 1 heterocycles. The number of hydrogen-bond donors (Lipinski definition) is 1. The minimum Gasteiger partial charge on any atom is -0.481 e.